The fraction of sp³-hybridized carbons (Fsp3) is 0.208. The third-order valence-corrected chi connectivity index (χ3v) is 5.85. The minimum absolute atomic E-state index is 0.413. The first-order chi connectivity index (χ1) is 16.1. The van der Waals surface area contributed by atoms with E-state index in [-0.39, 0.29) is 0 Å². The van der Waals surface area contributed by atoms with Crippen LogP contribution in [0, 0.1) is 24.6 Å². The fourth-order valence-electron chi connectivity index (χ4n) is 4.39. The lowest BCUT2D eigenvalue weighted by Crippen LogP contribution is -2.26. The van der Waals surface area contributed by atoms with Gasteiger partial charge in [-0.25, -0.2) is 13.8 Å². The van der Waals surface area contributed by atoms with Gasteiger partial charge >= 0.3 is 0 Å². The maximum absolute atomic E-state index is 14.3. The van der Waals surface area contributed by atoms with Gasteiger partial charge in [0.2, 0.25) is 0 Å². The van der Waals surface area contributed by atoms with Crippen molar-refractivity contribution in [3.8, 4) is 11.8 Å². The number of anilines is 2. The largest absolute Gasteiger partial charge is 0.325 e. The maximum atomic E-state index is 14.3. The Bertz CT molecular complexity index is 1600. The highest BCUT2D eigenvalue weighted by Crippen LogP contribution is 2.37. The van der Waals surface area contributed by atoms with E-state index in [2.05, 4.69) is 43.1 Å². The zero-order valence-electron chi connectivity index (χ0n) is 18.1. The number of aryl methyl sites for hydroxylation is 2. The molecule has 6 rings (SSSR count). The predicted octanol–water partition coefficient (Wildman–Crippen LogP) is 3.34. The zero-order chi connectivity index (χ0) is 22.5. The van der Waals surface area contributed by atoms with Crippen molar-refractivity contribution in [1.82, 2.24) is 34.3 Å². The van der Waals surface area contributed by atoms with E-state index in [1.807, 2.05) is 32.3 Å². The molecule has 33 heavy (non-hydrogen) atoms. The van der Waals surface area contributed by atoms with Crippen LogP contribution in [0.15, 0.2) is 42.9 Å². The van der Waals surface area contributed by atoms with Gasteiger partial charge in [0.05, 0.1) is 23.3 Å². The number of hydrogen-bond acceptors (Lipinski definition) is 6. The molecule has 0 aliphatic carbocycles. The molecule has 0 saturated carbocycles. The molecular formula is C24H19FN8. The van der Waals surface area contributed by atoms with Gasteiger partial charge in [0.25, 0.3) is 5.78 Å². The number of fused-ring (bicyclic) bond motifs is 4. The second-order valence-electron chi connectivity index (χ2n) is 8.05. The highest BCUT2D eigenvalue weighted by Gasteiger charge is 2.25. The van der Waals surface area contributed by atoms with Crippen LogP contribution >= 0.6 is 0 Å². The van der Waals surface area contributed by atoms with Crippen molar-refractivity contribution in [1.29, 1.82) is 0 Å². The number of aromatic nitrogens is 7. The summed E-state index contributed by atoms with van der Waals surface area (Å²) in [4.78, 5) is 11.2. The van der Waals surface area contributed by atoms with Crippen LogP contribution in [0.4, 0.5) is 15.9 Å². The molecule has 1 aromatic carbocycles. The summed E-state index contributed by atoms with van der Waals surface area (Å²) in [5.74, 6) is 7.81. The molecule has 0 amide bonds. The summed E-state index contributed by atoms with van der Waals surface area (Å²) in [5, 5.41) is 13.1. The minimum Gasteiger partial charge on any atom is -0.325 e. The Morgan fingerprint density at radius 2 is 2.03 bits per heavy atom. The Morgan fingerprint density at radius 1 is 1.12 bits per heavy atom. The number of rotatable bonds is 1. The molecule has 8 nitrogen and oxygen atoms in total. The first kappa shape index (κ1) is 19.4. The molecule has 4 aromatic heterocycles. The van der Waals surface area contributed by atoms with E-state index in [9.17, 15) is 4.39 Å². The van der Waals surface area contributed by atoms with Crippen LogP contribution in [-0.2, 0) is 13.5 Å². The van der Waals surface area contributed by atoms with Crippen molar-refractivity contribution >= 4 is 28.3 Å². The number of pyridine rings is 1. The molecule has 0 bridgehead atoms. The highest BCUT2D eigenvalue weighted by molar-refractivity contribution is 5.92. The summed E-state index contributed by atoms with van der Waals surface area (Å²) >= 11 is 0. The molecule has 0 radical (unpaired) electrons. The molecule has 1 aliphatic rings. The SMILES string of the molecule is Cc1nnc2nc(N3CCCc4c(C#Cc5cnn(C)c5)cccc43)c3cc(F)cnc3n12. The number of benzene rings is 1. The Morgan fingerprint density at radius 3 is 2.88 bits per heavy atom. The summed E-state index contributed by atoms with van der Waals surface area (Å²) in [6.45, 7) is 2.57. The van der Waals surface area contributed by atoms with Crippen LogP contribution in [0.2, 0.25) is 0 Å². The number of nitrogens with zero attached hydrogens (tertiary/aromatic N) is 8. The van der Waals surface area contributed by atoms with Crippen LogP contribution in [-0.4, -0.2) is 40.9 Å². The van der Waals surface area contributed by atoms with Crippen molar-refractivity contribution in [3.05, 3.63) is 71.2 Å². The summed E-state index contributed by atoms with van der Waals surface area (Å²) in [5.41, 5.74) is 4.58. The third kappa shape index (κ3) is 3.19. The topological polar surface area (TPSA) is 77.0 Å². The van der Waals surface area contributed by atoms with Gasteiger partial charge in [-0.2, -0.15) is 10.1 Å². The molecule has 5 aromatic rings. The van der Waals surface area contributed by atoms with Gasteiger partial charge in [-0.3, -0.25) is 4.68 Å². The number of hydrogen-bond donors (Lipinski definition) is 0. The highest BCUT2D eigenvalue weighted by atomic mass is 19.1. The van der Waals surface area contributed by atoms with Gasteiger partial charge in [0.15, 0.2) is 5.65 Å². The smallest absolute Gasteiger partial charge is 0.258 e. The number of halogens is 1. The zero-order valence-corrected chi connectivity index (χ0v) is 18.1. The summed E-state index contributed by atoms with van der Waals surface area (Å²) < 4.78 is 17.7. The molecular weight excluding hydrogens is 419 g/mol. The lowest BCUT2D eigenvalue weighted by atomic mass is 9.96. The Hall–Kier alpha value is -4.32. The fourth-order valence-corrected chi connectivity index (χ4v) is 4.39. The average molecular weight is 438 g/mol. The first-order valence-corrected chi connectivity index (χ1v) is 10.7. The molecule has 1 aliphatic heterocycles. The van der Waals surface area contributed by atoms with Gasteiger partial charge in [0.1, 0.15) is 17.5 Å². The van der Waals surface area contributed by atoms with Crippen LogP contribution in [0.3, 0.4) is 0 Å². The van der Waals surface area contributed by atoms with E-state index < -0.39 is 5.82 Å². The standard InChI is InChI=1S/C24H19FN8/c1-15-29-30-24-28-23(20-11-18(25)13-26-22(20)33(15)24)32-10-4-6-19-17(5-3-7-21(19)32)9-8-16-12-27-31(2)14-16/h3,5,7,11-14H,4,6,10H2,1-2H3. The van der Waals surface area contributed by atoms with Crippen LogP contribution in [0.25, 0.3) is 16.8 Å². The lowest BCUT2D eigenvalue weighted by Gasteiger charge is -2.31. The summed E-state index contributed by atoms with van der Waals surface area (Å²) in [6.07, 6.45) is 6.67. The average Bonchev–Trinajstić information content (AvgIpc) is 3.41. The first-order valence-electron chi connectivity index (χ1n) is 10.7. The molecule has 9 heteroatoms. The molecule has 0 saturated heterocycles. The normalized spacial score (nSPS) is 13.2. The van der Waals surface area contributed by atoms with Crippen LogP contribution < -0.4 is 4.90 Å². The van der Waals surface area contributed by atoms with Gasteiger partial charge in [-0.1, -0.05) is 17.9 Å². The van der Waals surface area contributed by atoms with E-state index in [0.717, 1.165) is 41.8 Å². The van der Waals surface area contributed by atoms with E-state index in [1.165, 1.54) is 12.3 Å². The van der Waals surface area contributed by atoms with Gasteiger partial charge < -0.3 is 4.90 Å². The molecule has 0 atom stereocenters. The van der Waals surface area contributed by atoms with Gasteiger partial charge in [-0.15, -0.1) is 10.2 Å². The Labute approximate surface area is 188 Å². The Balaban J connectivity index is 1.53. The minimum atomic E-state index is -0.413. The molecule has 0 N–H and O–H groups in total. The van der Waals surface area contributed by atoms with Crippen molar-refractivity contribution in [2.45, 2.75) is 19.8 Å². The summed E-state index contributed by atoms with van der Waals surface area (Å²) in [7, 11) is 1.87. The molecule has 0 spiro atoms. The monoisotopic (exact) mass is 438 g/mol. The lowest BCUT2D eigenvalue weighted by molar-refractivity contribution is 0.623. The van der Waals surface area contributed by atoms with Crippen molar-refractivity contribution in [2.24, 2.45) is 7.05 Å². The van der Waals surface area contributed by atoms with Crippen molar-refractivity contribution < 1.29 is 4.39 Å². The molecule has 5 heterocycles. The molecule has 162 valence electrons. The van der Waals surface area contributed by atoms with E-state index in [0.29, 0.717) is 28.5 Å². The second-order valence-corrected chi connectivity index (χ2v) is 8.05. The van der Waals surface area contributed by atoms with E-state index >= 15 is 0 Å². The van der Waals surface area contributed by atoms with Gasteiger partial charge in [-0.05, 0) is 43.5 Å². The third-order valence-electron chi connectivity index (χ3n) is 5.85. The second kappa shape index (κ2) is 7.38. The molecule has 0 unspecified atom stereocenters. The van der Waals surface area contributed by atoms with Crippen LogP contribution in [0.1, 0.15) is 28.9 Å². The van der Waals surface area contributed by atoms with Crippen molar-refractivity contribution in [2.75, 3.05) is 11.4 Å². The van der Waals surface area contributed by atoms with E-state index in [1.54, 1.807) is 15.3 Å². The maximum Gasteiger partial charge on any atom is 0.258 e. The molecule has 0 fully saturated rings. The predicted molar refractivity (Wildman–Crippen MR) is 122 cm³/mol. The van der Waals surface area contributed by atoms with Crippen molar-refractivity contribution in [3.63, 3.8) is 0 Å². The van der Waals surface area contributed by atoms with Crippen LogP contribution in [0.5, 0.6) is 0 Å². The van der Waals surface area contributed by atoms with Gasteiger partial charge in [0, 0.05) is 31.0 Å². The van der Waals surface area contributed by atoms with E-state index in [4.69, 9.17) is 4.98 Å². The summed E-state index contributed by atoms with van der Waals surface area (Å²) in [6, 6.07) is 7.56. The Kier molecular flexibility index (Phi) is 4.33. The quantitative estimate of drug-likeness (QED) is 0.374.